The van der Waals surface area contributed by atoms with Crippen LogP contribution >= 0.6 is 0 Å². The Hall–Kier alpha value is -2.11. The van der Waals surface area contributed by atoms with Gasteiger partial charge in [0.25, 0.3) is 5.91 Å². The van der Waals surface area contributed by atoms with Gasteiger partial charge < -0.3 is 4.74 Å². The van der Waals surface area contributed by atoms with E-state index >= 15 is 0 Å². The zero-order chi connectivity index (χ0) is 16.4. The van der Waals surface area contributed by atoms with Crippen LogP contribution in [0.2, 0.25) is 0 Å². The van der Waals surface area contributed by atoms with Gasteiger partial charge in [0, 0.05) is 5.92 Å². The number of hydrazine groups is 1. The van der Waals surface area contributed by atoms with Gasteiger partial charge >= 0.3 is 0 Å². The minimum absolute atomic E-state index is 0.00292. The number of halogens is 1. The number of hydrogen-bond donors (Lipinski definition) is 2. The summed E-state index contributed by atoms with van der Waals surface area (Å²) in [6, 6.07) is 5.88. The predicted molar refractivity (Wildman–Crippen MR) is 81.7 cm³/mol. The molecule has 0 aliphatic heterocycles. The van der Waals surface area contributed by atoms with E-state index in [1.807, 2.05) is 0 Å². The normalized spacial score (nSPS) is 26.6. The highest BCUT2D eigenvalue weighted by Gasteiger charge is 2.43. The number of ether oxygens (including phenoxy) is 1. The second-order valence-electron chi connectivity index (χ2n) is 6.45. The van der Waals surface area contributed by atoms with Gasteiger partial charge in [-0.15, -0.1) is 0 Å². The van der Waals surface area contributed by atoms with E-state index in [1.54, 1.807) is 12.1 Å². The molecule has 0 aromatic heterocycles. The summed E-state index contributed by atoms with van der Waals surface area (Å²) in [4.78, 5) is 24.1. The molecule has 23 heavy (non-hydrogen) atoms. The highest BCUT2D eigenvalue weighted by Crippen LogP contribution is 2.48. The van der Waals surface area contributed by atoms with Crippen molar-refractivity contribution >= 4 is 11.8 Å². The smallest absolute Gasteiger partial charge is 0.279 e. The van der Waals surface area contributed by atoms with Crippen molar-refractivity contribution in [3.8, 4) is 5.75 Å². The van der Waals surface area contributed by atoms with Crippen molar-refractivity contribution in [3.63, 3.8) is 0 Å². The topological polar surface area (TPSA) is 67.4 Å². The molecule has 2 amide bonds. The first-order chi connectivity index (χ1) is 11.0. The molecule has 124 valence electrons. The maximum absolute atomic E-state index is 13.5. The number of fused-ring (bicyclic) bond motifs is 2. The first kappa shape index (κ1) is 15.8. The average Bonchev–Trinajstić information content (AvgIpc) is 3.17. The molecular weight excluding hydrogens is 299 g/mol. The second kappa shape index (κ2) is 6.56. The van der Waals surface area contributed by atoms with Gasteiger partial charge in [-0.1, -0.05) is 18.6 Å². The molecular formula is C17H21FN2O3. The van der Waals surface area contributed by atoms with Crippen molar-refractivity contribution < 1.29 is 18.7 Å². The summed E-state index contributed by atoms with van der Waals surface area (Å²) in [5.41, 5.74) is 4.85. The Labute approximate surface area is 134 Å². The molecule has 1 aromatic carbocycles. The third-order valence-corrected chi connectivity index (χ3v) is 4.89. The largest absolute Gasteiger partial charge is 0.478 e. The molecule has 0 saturated heterocycles. The van der Waals surface area contributed by atoms with E-state index in [9.17, 15) is 14.0 Å². The maximum Gasteiger partial charge on any atom is 0.279 e. The standard InChI is InChI=1S/C17H21FN2O3/c1-10(23-15-5-3-2-4-14(15)18)16(21)19-20-17(22)13-9-11-6-7-12(13)8-11/h2-5,10-13H,6-9H2,1H3,(H,19,21)(H,20,22). The maximum atomic E-state index is 13.5. The van der Waals surface area contributed by atoms with E-state index in [1.165, 1.54) is 25.5 Å². The summed E-state index contributed by atoms with van der Waals surface area (Å²) < 4.78 is 18.8. The fraction of sp³-hybridized carbons (Fsp3) is 0.529. The van der Waals surface area contributed by atoms with Crippen LogP contribution in [0, 0.1) is 23.6 Å². The Balaban J connectivity index is 1.47. The van der Waals surface area contributed by atoms with Crippen LogP contribution in [0.3, 0.4) is 0 Å². The van der Waals surface area contributed by atoms with Crippen LogP contribution in [0.1, 0.15) is 32.6 Å². The first-order valence-electron chi connectivity index (χ1n) is 8.05. The van der Waals surface area contributed by atoms with Gasteiger partial charge in [-0.25, -0.2) is 4.39 Å². The quantitative estimate of drug-likeness (QED) is 0.836. The number of hydrogen-bond acceptors (Lipinski definition) is 3. The van der Waals surface area contributed by atoms with E-state index in [4.69, 9.17) is 4.74 Å². The molecule has 2 saturated carbocycles. The molecule has 5 nitrogen and oxygen atoms in total. The summed E-state index contributed by atoms with van der Waals surface area (Å²) in [5.74, 6) is -0.0586. The highest BCUT2D eigenvalue weighted by atomic mass is 19.1. The highest BCUT2D eigenvalue weighted by molar-refractivity contribution is 5.85. The molecule has 0 radical (unpaired) electrons. The van der Waals surface area contributed by atoms with E-state index < -0.39 is 17.8 Å². The molecule has 2 N–H and O–H groups in total. The summed E-state index contributed by atoms with van der Waals surface area (Å²) in [6.07, 6.45) is 3.44. The number of benzene rings is 1. The fourth-order valence-corrected chi connectivity index (χ4v) is 3.67. The Morgan fingerprint density at radius 3 is 2.65 bits per heavy atom. The van der Waals surface area contributed by atoms with Crippen LogP contribution in [0.25, 0.3) is 0 Å². The van der Waals surface area contributed by atoms with Crippen molar-refractivity contribution in [1.29, 1.82) is 0 Å². The number of amides is 2. The molecule has 1 aromatic rings. The van der Waals surface area contributed by atoms with Crippen LogP contribution in [-0.4, -0.2) is 17.9 Å². The first-order valence-corrected chi connectivity index (χ1v) is 8.05. The number of para-hydroxylation sites is 1. The summed E-state index contributed by atoms with van der Waals surface area (Å²) in [5, 5.41) is 0. The number of carbonyl (C=O) groups is 2. The minimum Gasteiger partial charge on any atom is -0.478 e. The monoisotopic (exact) mass is 320 g/mol. The number of rotatable bonds is 4. The molecule has 4 unspecified atom stereocenters. The summed E-state index contributed by atoms with van der Waals surface area (Å²) in [6.45, 7) is 1.51. The van der Waals surface area contributed by atoms with Crippen molar-refractivity contribution in [3.05, 3.63) is 30.1 Å². The van der Waals surface area contributed by atoms with Gasteiger partial charge in [0.2, 0.25) is 5.91 Å². The van der Waals surface area contributed by atoms with Crippen molar-refractivity contribution in [2.75, 3.05) is 0 Å². The van der Waals surface area contributed by atoms with Crippen LogP contribution < -0.4 is 15.6 Å². The van der Waals surface area contributed by atoms with Gasteiger partial charge in [0.1, 0.15) is 0 Å². The SMILES string of the molecule is CC(Oc1ccccc1F)C(=O)NNC(=O)C1CC2CCC1C2. The summed E-state index contributed by atoms with van der Waals surface area (Å²) >= 11 is 0. The van der Waals surface area contributed by atoms with Gasteiger partial charge in [-0.2, -0.15) is 0 Å². The zero-order valence-corrected chi connectivity index (χ0v) is 13.0. The molecule has 2 aliphatic carbocycles. The van der Waals surface area contributed by atoms with Crippen molar-refractivity contribution in [2.24, 2.45) is 17.8 Å². The lowest BCUT2D eigenvalue weighted by molar-refractivity contribution is -0.135. The molecule has 2 fully saturated rings. The second-order valence-corrected chi connectivity index (χ2v) is 6.45. The lowest BCUT2D eigenvalue weighted by Gasteiger charge is -2.21. The summed E-state index contributed by atoms with van der Waals surface area (Å²) in [7, 11) is 0. The molecule has 0 heterocycles. The Bertz CT molecular complexity index is 607. The number of nitrogens with one attached hydrogen (secondary N) is 2. The van der Waals surface area contributed by atoms with Gasteiger partial charge in [0.15, 0.2) is 17.7 Å². The van der Waals surface area contributed by atoms with Gasteiger partial charge in [-0.3, -0.25) is 20.4 Å². The molecule has 6 heteroatoms. The molecule has 2 bridgehead atoms. The minimum atomic E-state index is -0.910. The van der Waals surface area contributed by atoms with Crippen LogP contribution in [0.15, 0.2) is 24.3 Å². The lowest BCUT2D eigenvalue weighted by Crippen LogP contribution is -2.49. The van der Waals surface area contributed by atoms with E-state index in [-0.39, 0.29) is 17.6 Å². The third-order valence-electron chi connectivity index (χ3n) is 4.89. The molecule has 2 aliphatic rings. The van der Waals surface area contributed by atoms with Crippen molar-refractivity contribution in [1.82, 2.24) is 10.9 Å². The molecule has 0 spiro atoms. The van der Waals surface area contributed by atoms with E-state index in [0.717, 1.165) is 19.3 Å². The van der Waals surface area contributed by atoms with E-state index in [2.05, 4.69) is 10.9 Å². The van der Waals surface area contributed by atoms with Gasteiger partial charge in [-0.05, 0) is 50.2 Å². The number of carbonyl (C=O) groups excluding carboxylic acids is 2. The third kappa shape index (κ3) is 3.46. The fourth-order valence-electron chi connectivity index (χ4n) is 3.67. The lowest BCUT2D eigenvalue weighted by atomic mass is 9.88. The Kier molecular flexibility index (Phi) is 4.50. The van der Waals surface area contributed by atoms with Gasteiger partial charge in [0.05, 0.1) is 0 Å². The zero-order valence-electron chi connectivity index (χ0n) is 13.0. The molecule has 3 rings (SSSR count). The predicted octanol–water partition coefficient (Wildman–Crippen LogP) is 2.18. The average molecular weight is 320 g/mol. The Morgan fingerprint density at radius 1 is 1.22 bits per heavy atom. The molecule has 4 atom stereocenters. The van der Waals surface area contributed by atoms with Crippen LogP contribution in [0.5, 0.6) is 5.75 Å². The van der Waals surface area contributed by atoms with Crippen LogP contribution in [-0.2, 0) is 9.59 Å². The van der Waals surface area contributed by atoms with Crippen LogP contribution in [0.4, 0.5) is 4.39 Å². The van der Waals surface area contributed by atoms with E-state index in [0.29, 0.717) is 11.8 Å². The Morgan fingerprint density at radius 2 is 2.00 bits per heavy atom. The van der Waals surface area contributed by atoms with Crippen molar-refractivity contribution in [2.45, 2.75) is 38.7 Å².